The van der Waals surface area contributed by atoms with E-state index < -0.39 is 6.03 Å². The molecular formula is C23H29N3O5. The number of nitrogens with zero attached hydrogens (tertiary/aromatic N) is 1. The maximum Gasteiger partial charge on any atom is 0.325 e. The van der Waals surface area contributed by atoms with Gasteiger partial charge in [-0.25, -0.2) is 4.79 Å². The van der Waals surface area contributed by atoms with E-state index in [0.717, 1.165) is 22.4 Å². The zero-order chi connectivity index (χ0) is 22.4. The molecule has 0 bridgehead atoms. The number of methoxy groups -OCH3 is 1. The predicted molar refractivity (Wildman–Crippen MR) is 118 cm³/mol. The van der Waals surface area contributed by atoms with Crippen LogP contribution >= 0.6 is 0 Å². The Kier molecular flexibility index (Phi) is 7.36. The Morgan fingerprint density at radius 2 is 1.74 bits per heavy atom. The number of ether oxygens (including phenoxy) is 3. The number of carbonyl (C=O) groups excluding carboxylic acids is 2. The van der Waals surface area contributed by atoms with Gasteiger partial charge in [-0.2, -0.15) is 0 Å². The molecule has 2 aromatic rings. The lowest BCUT2D eigenvalue weighted by atomic mass is 10.1. The van der Waals surface area contributed by atoms with Crippen molar-refractivity contribution < 1.29 is 23.8 Å². The maximum atomic E-state index is 12.2. The number of urea groups is 1. The van der Waals surface area contributed by atoms with Crippen molar-refractivity contribution in [3.05, 3.63) is 47.0 Å². The lowest BCUT2D eigenvalue weighted by Gasteiger charge is -2.19. The number of aryl methyl sites for hydroxylation is 2. The maximum absolute atomic E-state index is 12.2. The Balaban J connectivity index is 1.44. The van der Waals surface area contributed by atoms with Crippen molar-refractivity contribution in [3.8, 4) is 17.2 Å². The molecule has 1 heterocycles. The zero-order valence-electron chi connectivity index (χ0n) is 18.4. The van der Waals surface area contributed by atoms with Crippen LogP contribution in [0.3, 0.4) is 0 Å². The molecule has 3 amide bonds. The highest BCUT2D eigenvalue weighted by Crippen LogP contribution is 2.32. The van der Waals surface area contributed by atoms with Crippen LogP contribution in [-0.4, -0.2) is 50.8 Å². The van der Waals surface area contributed by atoms with Crippen molar-refractivity contribution in [1.29, 1.82) is 0 Å². The Bertz CT molecular complexity index is 937. The number of imide groups is 1. The zero-order valence-corrected chi connectivity index (χ0v) is 18.4. The monoisotopic (exact) mass is 427 g/mol. The topological polar surface area (TPSA) is 89.1 Å². The average Bonchev–Trinajstić information content (AvgIpc) is 2.72. The fraction of sp³-hybridized carbons (Fsp3) is 0.391. The van der Waals surface area contributed by atoms with Gasteiger partial charge in [0, 0.05) is 31.3 Å². The van der Waals surface area contributed by atoms with Crippen LogP contribution in [0.25, 0.3) is 0 Å². The highest BCUT2D eigenvalue weighted by Gasteiger charge is 2.14. The van der Waals surface area contributed by atoms with Gasteiger partial charge in [0.15, 0.2) is 11.5 Å². The van der Waals surface area contributed by atoms with Crippen molar-refractivity contribution in [2.45, 2.75) is 26.8 Å². The quantitative estimate of drug-likeness (QED) is 0.705. The summed E-state index contributed by atoms with van der Waals surface area (Å²) in [6.07, 6.45) is 0.208. The van der Waals surface area contributed by atoms with Gasteiger partial charge < -0.3 is 24.4 Å². The number of carbonyl (C=O) groups is 2. The van der Waals surface area contributed by atoms with E-state index in [0.29, 0.717) is 43.5 Å². The second kappa shape index (κ2) is 10.2. The second-order valence-electron chi connectivity index (χ2n) is 7.61. The molecule has 166 valence electrons. The number of hydrogen-bond acceptors (Lipinski definition) is 6. The van der Waals surface area contributed by atoms with E-state index in [1.165, 1.54) is 0 Å². The van der Waals surface area contributed by atoms with Crippen molar-refractivity contribution in [1.82, 2.24) is 10.2 Å². The van der Waals surface area contributed by atoms with E-state index >= 15 is 0 Å². The smallest absolute Gasteiger partial charge is 0.325 e. The summed E-state index contributed by atoms with van der Waals surface area (Å²) < 4.78 is 16.3. The first kappa shape index (κ1) is 22.4. The SMILES string of the molecule is COc1c(C)cc(CN(C)CCC(=O)NC(=O)Nc2ccc3c(c2)OCCO3)cc1C. The number of rotatable bonds is 7. The van der Waals surface area contributed by atoms with Crippen LogP contribution in [0.1, 0.15) is 23.1 Å². The molecule has 2 N–H and O–H groups in total. The number of benzene rings is 2. The highest BCUT2D eigenvalue weighted by atomic mass is 16.6. The third-order valence-electron chi connectivity index (χ3n) is 4.95. The summed E-state index contributed by atoms with van der Waals surface area (Å²) in [7, 11) is 3.61. The molecule has 0 unspecified atom stereocenters. The molecule has 2 aromatic carbocycles. The Morgan fingerprint density at radius 1 is 1.06 bits per heavy atom. The molecule has 0 aliphatic carbocycles. The van der Waals surface area contributed by atoms with Crippen LogP contribution in [0.2, 0.25) is 0 Å². The van der Waals surface area contributed by atoms with Gasteiger partial charge >= 0.3 is 6.03 Å². The third-order valence-corrected chi connectivity index (χ3v) is 4.95. The minimum absolute atomic E-state index is 0.208. The Labute approximate surface area is 182 Å². The molecule has 8 heteroatoms. The lowest BCUT2D eigenvalue weighted by molar-refractivity contribution is -0.120. The van der Waals surface area contributed by atoms with Gasteiger partial charge in [0.1, 0.15) is 19.0 Å². The van der Waals surface area contributed by atoms with Crippen molar-refractivity contribution in [2.75, 3.05) is 39.2 Å². The van der Waals surface area contributed by atoms with Gasteiger partial charge in [-0.1, -0.05) is 12.1 Å². The molecule has 1 aliphatic heterocycles. The predicted octanol–water partition coefficient (Wildman–Crippen LogP) is 3.25. The van der Waals surface area contributed by atoms with E-state index in [2.05, 4.69) is 22.8 Å². The molecule has 0 spiro atoms. The van der Waals surface area contributed by atoms with Crippen molar-refractivity contribution >= 4 is 17.6 Å². The van der Waals surface area contributed by atoms with Crippen LogP contribution in [0, 0.1) is 13.8 Å². The summed E-state index contributed by atoms with van der Waals surface area (Å²) in [4.78, 5) is 26.3. The summed E-state index contributed by atoms with van der Waals surface area (Å²) in [5.74, 6) is 1.76. The summed E-state index contributed by atoms with van der Waals surface area (Å²) in [6, 6.07) is 8.69. The first-order valence-electron chi connectivity index (χ1n) is 10.2. The molecular weight excluding hydrogens is 398 g/mol. The number of nitrogens with one attached hydrogen (secondary N) is 2. The summed E-state index contributed by atoms with van der Waals surface area (Å²) in [6.45, 7) is 6.22. The number of amides is 3. The fourth-order valence-electron chi connectivity index (χ4n) is 3.61. The van der Waals surface area contributed by atoms with E-state index in [9.17, 15) is 9.59 Å². The van der Waals surface area contributed by atoms with Crippen molar-refractivity contribution in [3.63, 3.8) is 0 Å². The van der Waals surface area contributed by atoms with Crippen LogP contribution in [0.5, 0.6) is 17.2 Å². The average molecular weight is 428 g/mol. The molecule has 0 radical (unpaired) electrons. The van der Waals surface area contributed by atoms with E-state index in [1.54, 1.807) is 25.3 Å². The number of anilines is 1. The van der Waals surface area contributed by atoms with Gasteiger partial charge in [0.25, 0.3) is 0 Å². The molecule has 0 atom stereocenters. The Hall–Kier alpha value is -3.26. The fourth-order valence-corrected chi connectivity index (χ4v) is 3.61. The number of hydrogen-bond donors (Lipinski definition) is 2. The normalized spacial score (nSPS) is 12.4. The lowest BCUT2D eigenvalue weighted by Crippen LogP contribution is -2.36. The van der Waals surface area contributed by atoms with E-state index in [-0.39, 0.29) is 12.3 Å². The van der Waals surface area contributed by atoms with Crippen molar-refractivity contribution in [2.24, 2.45) is 0 Å². The largest absolute Gasteiger partial charge is 0.496 e. The molecule has 3 rings (SSSR count). The molecule has 1 aliphatic rings. The summed E-state index contributed by atoms with van der Waals surface area (Å²) in [5, 5.41) is 5.00. The third kappa shape index (κ3) is 6.11. The standard InChI is InChI=1S/C23H29N3O5/c1-15-11-17(12-16(2)22(15)29-4)14-26(3)8-7-21(27)25-23(28)24-18-5-6-19-20(13-18)31-10-9-30-19/h5-6,11-13H,7-10,14H2,1-4H3,(H2,24,25,27,28). The van der Waals surface area contributed by atoms with Crippen LogP contribution in [0.15, 0.2) is 30.3 Å². The minimum atomic E-state index is -0.578. The molecule has 8 nitrogen and oxygen atoms in total. The van der Waals surface area contributed by atoms with Crippen LogP contribution < -0.4 is 24.8 Å². The summed E-state index contributed by atoms with van der Waals surface area (Å²) >= 11 is 0. The first-order chi connectivity index (χ1) is 14.9. The van der Waals surface area contributed by atoms with Gasteiger partial charge in [-0.3, -0.25) is 10.1 Å². The van der Waals surface area contributed by atoms with Crippen LogP contribution in [-0.2, 0) is 11.3 Å². The van der Waals surface area contributed by atoms with Gasteiger partial charge in [0.05, 0.1) is 7.11 Å². The molecule has 0 aromatic heterocycles. The van der Waals surface area contributed by atoms with Gasteiger partial charge in [-0.15, -0.1) is 0 Å². The molecule has 31 heavy (non-hydrogen) atoms. The summed E-state index contributed by atoms with van der Waals surface area (Å²) in [5.41, 5.74) is 3.84. The molecule has 0 saturated carbocycles. The van der Waals surface area contributed by atoms with Gasteiger partial charge in [-0.05, 0) is 49.7 Å². The molecule has 0 fully saturated rings. The van der Waals surface area contributed by atoms with Crippen LogP contribution in [0.4, 0.5) is 10.5 Å². The van der Waals surface area contributed by atoms with Gasteiger partial charge in [0.2, 0.25) is 5.91 Å². The highest BCUT2D eigenvalue weighted by molar-refractivity contribution is 6.01. The first-order valence-corrected chi connectivity index (χ1v) is 10.2. The van der Waals surface area contributed by atoms with E-state index in [4.69, 9.17) is 14.2 Å². The molecule has 0 saturated heterocycles. The minimum Gasteiger partial charge on any atom is -0.496 e. The Morgan fingerprint density at radius 3 is 2.42 bits per heavy atom. The second-order valence-corrected chi connectivity index (χ2v) is 7.61. The number of fused-ring (bicyclic) bond motifs is 1. The van der Waals surface area contributed by atoms with E-state index in [1.807, 2.05) is 25.8 Å².